The Morgan fingerprint density at radius 3 is 2.29 bits per heavy atom. The second-order valence-corrected chi connectivity index (χ2v) is 11.5. The average Bonchev–Trinajstić information content (AvgIpc) is 3.23. The fourth-order valence-electron chi connectivity index (χ4n) is 4.87. The SMILES string of the molecule is COc1ccc([C@H]2C(C(=O)Nc3ccc(C)cc3C)=C(C)N=c3s/c(=C/c4cc(Cl)c(OC)c(Cl)c4)c(=O)n32)cc1. The van der Waals surface area contributed by atoms with Crippen LogP contribution in [-0.4, -0.2) is 24.7 Å². The van der Waals surface area contributed by atoms with Gasteiger partial charge in [-0.05, 0) is 73.9 Å². The maximum Gasteiger partial charge on any atom is 0.271 e. The zero-order valence-corrected chi connectivity index (χ0v) is 25.4. The van der Waals surface area contributed by atoms with Gasteiger partial charge in [-0.1, -0.05) is 64.4 Å². The van der Waals surface area contributed by atoms with Gasteiger partial charge in [-0.3, -0.25) is 14.2 Å². The first-order valence-corrected chi connectivity index (χ1v) is 14.3. The Hall–Kier alpha value is -3.85. The summed E-state index contributed by atoms with van der Waals surface area (Å²) < 4.78 is 12.6. The molecule has 5 rings (SSSR count). The molecule has 210 valence electrons. The number of hydrogen-bond acceptors (Lipinski definition) is 6. The Morgan fingerprint density at radius 2 is 1.68 bits per heavy atom. The number of amides is 1. The highest BCUT2D eigenvalue weighted by Gasteiger charge is 2.32. The Labute approximate surface area is 251 Å². The molecule has 2 heterocycles. The van der Waals surface area contributed by atoms with E-state index in [1.807, 2.05) is 56.3 Å². The lowest BCUT2D eigenvalue weighted by Crippen LogP contribution is -2.40. The van der Waals surface area contributed by atoms with Gasteiger partial charge in [-0.2, -0.15) is 0 Å². The van der Waals surface area contributed by atoms with Crippen LogP contribution in [0.5, 0.6) is 11.5 Å². The highest BCUT2D eigenvalue weighted by Crippen LogP contribution is 2.34. The molecule has 1 amide bonds. The molecule has 3 aromatic carbocycles. The minimum atomic E-state index is -0.715. The molecule has 0 aliphatic carbocycles. The number of methoxy groups -OCH3 is 2. The number of allylic oxidation sites excluding steroid dienone is 1. The fourth-order valence-corrected chi connectivity index (χ4v) is 6.57. The number of ether oxygens (including phenoxy) is 2. The fraction of sp³-hybridized carbons (Fsp3) is 0.194. The van der Waals surface area contributed by atoms with Crippen molar-refractivity contribution < 1.29 is 14.3 Å². The van der Waals surface area contributed by atoms with Crippen LogP contribution < -0.4 is 29.7 Å². The van der Waals surface area contributed by atoms with Crippen LogP contribution in [-0.2, 0) is 4.79 Å². The molecule has 0 fully saturated rings. The van der Waals surface area contributed by atoms with Crippen molar-refractivity contribution in [3.63, 3.8) is 0 Å². The number of rotatable bonds is 6. The smallest absolute Gasteiger partial charge is 0.271 e. The highest BCUT2D eigenvalue weighted by atomic mass is 35.5. The molecular formula is C31H27Cl2N3O4S. The first-order valence-electron chi connectivity index (χ1n) is 12.7. The van der Waals surface area contributed by atoms with Crippen molar-refractivity contribution in [2.75, 3.05) is 19.5 Å². The number of nitrogens with zero attached hydrogens (tertiary/aromatic N) is 2. The van der Waals surface area contributed by atoms with Crippen LogP contribution in [0.2, 0.25) is 10.0 Å². The summed E-state index contributed by atoms with van der Waals surface area (Å²) in [6.45, 7) is 5.73. The van der Waals surface area contributed by atoms with E-state index in [4.69, 9.17) is 37.7 Å². The number of aromatic nitrogens is 1. The first kappa shape index (κ1) is 28.7. The van der Waals surface area contributed by atoms with Crippen molar-refractivity contribution in [2.24, 2.45) is 4.99 Å². The van der Waals surface area contributed by atoms with Crippen molar-refractivity contribution in [3.05, 3.63) is 118 Å². The summed E-state index contributed by atoms with van der Waals surface area (Å²) in [6, 6.07) is 15.8. The van der Waals surface area contributed by atoms with Gasteiger partial charge >= 0.3 is 0 Å². The molecule has 1 aromatic heterocycles. The summed E-state index contributed by atoms with van der Waals surface area (Å²) in [5.74, 6) is 0.694. The standard InChI is InChI=1S/C31H27Cl2N3O4S/c1-16-6-11-24(17(2)12-16)35-29(37)26-18(3)34-31-36(27(26)20-7-9-21(39-4)10-8-20)30(38)25(41-31)15-19-13-22(32)28(40-5)23(33)14-19/h6-15,27H,1-5H3,(H,35,37)/b25-15+/t27-/m0/s1. The van der Waals surface area contributed by atoms with E-state index in [0.717, 1.165) is 16.7 Å². The second-order valence-electron chi connectivity index (χ2n) is 9.65. The maximum absolute atomic E-state index is 14.0. The lowest BCUT2D eigenvalue weighted by molar-refractivity contribution is -0.113. The first-order chi connectivity index (χ1) is 19.6. The third-order valence-corrected chi connectivity index (χ3v) is 8.39. The zero-order valence-electron chi connectivity index (χ0n) is 23.0. The van der Waals surface area contributed by atoms with Crippen LogP contribution in [0, 0.1) is 13.8 Å². The minimum absolute atomic E-state index is 0.290. The molecule has 0 saturated carbocycles. The van der Waals surface area contributed by atoms with Crippen molar-refractivity contribution >= 4 is 52.2 Å². The molecule has 1 aliphatic rings. The number of halogens is 2. The van der Waals surface area contributed by atoms with Gasteiger partial charge in [0.05, 0.1) is 46.1 Å². The number of hydrogen-bond donors (Lipinski definition) is 1. The monoisotopic (exact) mass is 607 g/mol. The summed E-state index contributed by atoms with van der Waals surface area (Å²) in [4.78, 5) is 33.0. The van der Waals surface area contributed by atoms with E-state index in [1.165, 1.54) is 18.4 Å². The van der Waals surface area contributed by atoms with Crippen LogP contribution in [0.1, 0.15) is 35.2 Å². The number of carbonyl (C=O) groups excluding carboxylic acids is 1. The molecule has 1 N–H and O–H groups in total. The third-order valence-electron chi connectivity index (χ3n) is 6.85. The Kier molecular flexibility index (Phi) is 8.09. The van der Waals surface area contributed by atoms with Crippen molar-refractivity contribution in [2.45, 2.75) is 26.8 Å². The summed E-state index contributed by atoms with van der Waals surface area (Å²) in [5, 5.41) is 3.70. The Bertz CT molecular complexity index is 1870. The van der Waals surface area contributed by atoms with E-state index < -0.39 is 6.04 Å². The molecule has 1 atom stereocenters. The highest BCUT2D eigenvalue weighted by molar-refractivity contribution is 7.07. The van der Waals surface area contributed by atoms with E-state index in [9.17, 15) is 9.59 Å². The van der Waals surface area contributed by atoms with Gasteiger partial charge < -0.3 is 14.8 Å². The van der Waals surface area contributed by atoms with Crippen LogP contribution in [0.3, 0.4) is 0 Å². The largest absolute Gasteiger partial charge is 0.497 e. The van der Waals surface area contributed by atoms with Crippen LogP contribution in [0.4, 0.5) is 5.69 Å². The molecule has 0 radical (unpaired) electrons. The van der Waals surface area contributed by atoms with Gasteiger partial charge in [-0.15, -0.1) is 0 Å². The third kappa shape index (κ3) is 5.55. The predicted molar refractivity (Wildman–Crippen MR) is 164 cm³/mol. The van der Waals surface area contributed by atoms with E-state index in [1.54, 1.807) is 36.8 Å². The molecule has 1 aliphatic heterocycles. The number of fused-ring (bicyclic) bond motifs is 1. The topological polar surface area (TPSA) is 81.9 Å². The van der Waals surface area contributed by atoms with E-state index in [-0.39, 0.29) is 11.5 Å². The second kappa shape index (κ2) is 11.6. The quantitative estimate of drug-likeness (QED) is 0.300. The molecular weight excluding hydrogens is 581 g/mol. The van der Waals surface area contributed by atoms with Crippen LogP contribution >= 0.6 is 34.5 Å². The minimum Gasteiger partial charge on any atom is -0.497 e. The average molecular weight is 609 g/mol. The van der Waals surface area contributed by atoms with Crippen LogP contribution in [0.15, 0.2) is 75.7 Å². The summed E-state index contributed by atoms with van der Waals surface area (Å²) in [6.07, 6.45) is 1.71. The van der Waals surface area contributed by atoms with Gasteiger partial charge in [0.15, 0.2) is 10.6 Å². The Balaban J connectivity index is 1.66. The van der Waals surface area contributed by atoms with Crippen LogP contribution in [0.25, 0.3) is 6.08 Å². The van der Waals surface area contributed by atoms with E-state index >= 15 is 0 Å². The maximum atomic E-state index is 14.0. The summed E-state index contributed by atoms with van der Waals surface area (Å²) in [5.41, 5.74) is 4.72. The molecule has 0 saturated heterocycles. The predicted octanol–water partition coefficient (Wildman–Crippen LogP) is 5.81. The number of benzene rings is 3. The summed E-state index contributed by atoms with van der Waals surface area (Å²) in [7, 11) is 3.07. The summed E-state index contributed by atoms with van der Waals surface area (Å²) >= 11 is 13.9. The van der Waals surface area contributed by atoms with Gasteiger partial charge in [-0.25, -0.2) is 4.99 Å². The lowest BCUT2D eigenvalue weighted by atomic mass is 9.95. The van der Waals surface area contributed by atoms with Gasteiger partial charge in [0.2, 0.25) is 0 Å². The molecule has 4 aromatic rings. The van der Waals surface area contributed by atoms with Gasteiger partial charge in [0, 0.05) is 5.69 Å². The van der Waals surface area contributed by atoms with Gasteiger partial charge in [0.25, 0.3) is 11.5 Å². The molecule has 0 unspecified atom stereocenters. The molecule has 0 spiro atoms. The van der Waals surface area contributed by atoms with E-state index in [2.05, 4.69) is 5.32 Å². The number of aryl methyl sites for hydroxylation is 2. The Morgan fingerprint density at radius 1 is 1.00 bits per heavy atom. The van der Waals surface area contributed by atoms with Crippen molar-refractivity contribution in [1.29, 1.82) is 0 Å². The number of nitrogens with one attached hydrogen (secondary N) is 1. The molecule has 7 nitrogen and oxygen atoms in total. The number of carbonyl (C=O) groups is 1. The zero-order chi connectivity index (χ0) is 29.4. The van der Waals surface area contributed by atoms with E-state index in [0.29, 0.717) is 53.4 Å². The number of thiazole rings is 1. The molecule has 10 heteroatoms. The van der Waals surface area contributed by atoms with Gasteiger partial charge in [0.1, 0.15) is 5.75 Å². The number of anilines is 1. The normalized spacial score (nSPS) is 14.9. The molecule has 41 heavy (non-hydrogen) atoms. The van der Waals surface area contributed by atoms with Crippen molar-refractivity contribution in [1.82, 2.24) is 4.57 Å². The lowest BCUT2D eigenvalue weighted by Gasteiger charge is -2.25. The van der Waals surface area contributed by atoms with Crippen molar-refractivity contribution in [3.8, 4) is 11.5 Å². The molecule has 0 bridgehead atoms.